The lowest BCUT2D eigenvalue weighted by atomic mass is 9.81. The lowest BCUT2D eigenvalue weighted by molar-refractivity contribution is 0.282. The van der Waals surface area contributed by atoms with E-state index in [1.165, 1.54) is 11.1 Å². The second-order valence-electron chi connectivity index (χ2n) is 9.37. The Hall–Kier alpha value is -3.13. The third-order valence-corrected chi connectivity index (χ3v) is 7.63. The number of anilines is 1. The fourth-order valence-corrected chi connectivity index (χ4v) is 5.78. The Labute approximate surface area is 203 Å². The first-order chi connectivity index (χ1) is 16.7. The van der Waals surface area contributed by atoms with Crippen molar-refractivity contribution >= 4 is 28.6 Å². The molecule has 3 aromatic heterocycles. The molecule has 0 saturated carbocycles. The molecule has 8 nitrogen and oxygen atoms in total. The molecule has 1 aliphatic heterocycles. The molecule has 0 spiro atoms. The van der Waals surface area contributed by atoms with Crippen molar-refractivity contribution in [3.05, 3.63) is 58.9 Å². The normalized spacial score (nSPS) is 20.1. The molecule has 1 aliphatic carbocycles. The van der Waals surface area contributed by atoms with Crippen molar-refractivity contribution in [1.29, 1.82) is 0 Å². The third-order valence-electron chi connectivity index (χ3n) is 7.32. The maximum atomic E-state index is 6.47. The molecule has 4 heterocycles. The number of benzene rings is 1. The van der Waals surface area contributed by atoms with Gasteiger partial charge in [0.05, 0.1) is 29.3 Å². The van der Waals surface area contributed by atoms with Crippen LogP contribution in [0.25, 0.3) is 11.2 Å². The van der Waals surface area contributed by atoms with E-state index < -0.39 is 0 Å². The summed E-state index contributed by atoms with van der Waals surface area (Å²) in [6.45, 7) is 1.61. The van der Waals surface area contributed by atoms with Gasteiger partial charge in [-0.1, -0.05) is 23.7 Å². The molecular weight excluding hydrogens is 450 g/mol. The van der Waals surface area contributed by atoms with Gasteiger partial charge in [0.2, 0.25) is 0 Å². The Balaban J connectivity index is 1.15. The van der Waals surface area contributed by atoms with E-state index in [1.54, 1.807) is 18.9 Å². The summed E-state index contributed by atoms with van der Waals surface area (Å²) >= 11 is 6.35. The largest absolute Gasteiger partial charge is 0.491 e. The molecule has 9 heteroatoms. The molecule has 0 amide bonds. The van der Waals surface area contributed by atoms with Gasteiger partial charge in [-0.05, 0) is 61.6 Å². The molecule has 0 bridgehead atoms. The van der Waals surface area contributed by atoms with Crippen molar-refractivity contribution in [2.45, 2.75) is 44.6 Å². The maximum absolute atomic E-state index is 6.47. The van der Waals surface area contributed by atoms with E-state index in [-0.39, 0.29) is 6.04 Å². The highest BCUT2D eigenvalue weighted by atomic mass is 35.5. The fourth-order valence-electron chi connectivity index (χ4n) is 5.54. The van der Waals surface area contributed by atoms with E-state index in [0.717, 1.165) is 72.9 Å². The molecule has 0 unspecified atom stereocenters. The minimum absolute atomic E-state index is 0.278. The Kier molecular flexibility index (Phi) is 5.61. The van der Waals surface area contributed by atoms with Gasteiger partial charge in [-0.3, -0.25) is 4.68 Å². The standard InChI is InChI=1S/C25H28ClN7O/c1-32-21(20(26)12-31-32)11-16-7-8-19-17(10-16)4-2-6-22(19)34-13-18-5-3-9-33(18)25-23-24(28-14-27-23)29-15-30-25/h2,4,6,12,14-16,18H,3,5,7-11,13H2,1H3,(H,27,28,29,30)/t16-,18+/m0/s1. The predicted octanol–water partition coefficient (Wildman–Crippen LogP) is 4.14. The second-order valence-corrected chi connectivity index (χ2v) is 9.78. The number of halogens is 1. The van der Waals surface area contributed by atoms with Crippen molar-refractivity contribution in [3.63, 3.8) is 0 Å². The highest BCUT2D eigenvalue weighted by molar-refractivity contribution is 6.31. The zero-order valence-electron chi connectivity index (χ0n) is 19.2. The van der Waals surface area contributed by atoms with Crippen molar-refractivity contribution in [1.82, 2.24) is 29.7 Å². The van der Waals surface area contributed by atoms with Crippen LogP contribution in [0.1, 0.15) is 36.1 Å². The average molecular weight is 478 g/mol. The molecule has 1 fully saturated rings. The summed E-state index contributed by atoms with van der Waals surface area (Å²) in [7, 11) is 1.97. The number of nitrogens with zero attached hydrogens (tertiary/aromatic N) is 6. The third kappa shape index (κ3) is 3.90. The van der Waals surface area contributed by atoms with Gasteiger partial charge < -0.3 is 14.6 Å². The highest BCUT2D eigenvalue weighted by Crippen LogP contribution is 2.35. The molecule has 176 valence electrons. The van der Waals surface area contributed by atoms with Crippen molar-refractivity contribution in [3.8, 4) is 5.75 Å². The van der Waals surface area contributed by atoms with E-state index in [1.807, 2.05) is 11.7 Å². The molecule has 4 aromatic rings. The number of aryl methyl sites for hydroxylation is 1. The van der Waals surface area contributed by atoms with Gasteiger partial charge in [-0.25, -0.2) is 15.0 Å². The summed E-state index contributed by atoms with van der Waals surface area (Å²) in [6, 6.07) is 6.77. The minimum atomic E-state index is 0.278. The van der Waals surface area contributed by atoms with Gasteiger partial charge in [0.15, 0.2) is 11.5 Å². The van der Waals surface area contributed by atoms with Crippen LogP contribution in [0.3, 0.4) is 0 Å². The lowest BCUT2D eigenvalue weighted by Crippen LogP contribution is -2.35. The maximum Gasteiger partial charge on any atom is 0.182 e. The van der Waals surface area contributed by atoms with Crippen LogP contribution >= 0.6 is 11.6 Å². The summed E-state index contributed by atoms with van der Waals surface area (Å²) < 4.78 is 8.37. The number of imidazole rings is 1. The van der Waals surface area contributed by atoms with E-state index in [9.17, 15) is 0 Å². The van der Waals surface area contributed by atoms with Crippen molar-refractivity contribution in [2.24, 2.45) is 13.0 Å². The SMILES string of the molecule is Cn1ncc(Cl)c1C[C@H]1CCc2c(cccc2OC[C@H]2CCCN2c2ncnc3nc[nH]c23)C1. The van der Waals surface area contributed by atoms with Crippen molar-refractivity contribution in [2.75, 3.05) is 18.1 Å². The number of hydrogen-bond acceptors (Lipinski definition) is 6. The smallest absolute Gasteiger partial charge is 0.182 e. The van der Waals surface area contributed by atoms with Crippen LogP contribution in [-0.2, 0) is 26.3 Å². The monoisotopic (exact) mass is 477 g/mol. The molecule has 2 aliphatic rings. The van der Waals surface area contributed by atoms with Crippen LogP contribution in [0.4, 0.5) is 5.82 Å². The number of ether oxygens (including phenoxy) is 1. The van der Waals surface area contributed by atoms with Gasteiger partial charge >= 0.3 is 0 Å². The zero-order chi connectivity index (χ0) is 23.1. The zero-order valence-corrected chi connectivity index (χ0v) is 20.0. The number of rotatable bonds is 6. The summed E-state index contributed by atoms with van der Waals surface area (Å²) in [5.41, 5.74) is 5.48. The molecule has 1 saturated heterocycles. The molecule has 2 atom stereocenters. The minimum Gasteiger partial charge on any atom is -0.491 e. The fraction of sp³-hybridized carbons (Fsp3) is 0.440. The summed E-state index contributed by atoms with van der Waals surface area (Å²) in [5, 5.41) is 5.06. The molecule has 1 aromatic carbocycles. The van der Waals surface area contributed by atoms with Crippen LogP contribution in [0, 0.1) is 5.92 Å². The highest BCUT2D eigenvalue weighted by Gasteiger charge is 2.29. The predicted molar refractivity (Wildman–Crippen MR) is 131 cm³/mol. The number of aromatic nitrogens is 6. The Morgan fingerprint density at radius 1 is 1.21 bits per heavy atom. The van der Waals surface area contributed by atoms with Crippen LogP contribution in [0.15, 0.2) is 37.1 Å². The lowest BCUT2D eigenvalue weighted by Gasteiger charge is -2.29. The van der Waals surface area contributed by atoms with Crippen LogP contribution in [-0.4, -0.2) is 48.9 Å². The van der Waals surface area contributed by atoms with Gasteiger partial charge in [0, 0.05) is 13.6 Å². The molecule has 6 rings (SSSR count). The van der Waals surface area contributed by atoms with Crippen molar-refractivity contribution < 1.29 is 4.74 Å². The average Bonchev–Trinajstić information content (AvgIpc) is 3.59. The van der Waals surface area contributed by atoms with E-state index in [2.05, 4.69) is 48.1 Å². The Bertz CT molecular complexity index is 1300. The number of hydrogen-bond donors (Lipinski definition) is 1. The topological polar surface area (TPSA) is 84.8 Å². The number of fused-ring (bicyclic) bond motifs is 2. The van der Waals surface area contributed by atoms with Crippen LogP contribution in [0.5, 0.6) is 5.75 Å². The molecular formula is C25H28ClN7O. The number of nitrogens with one attached hydrogen (secondary N) is 1. The van der Waals surface area contributed by atoms with Gasteiger partial charge in [-0.15, -0.1) is 0 Å². The second kappa shape index (κ2) is 8.91. The molecule has 34 heavy (non-hydrogen) atoms. The number of aromatic amines is 1. The first-order valence-electron chi connectivity index (χ1n) is 12.0. The van der Waals surface area contributed by atoms with Gasteiger partial charge in [0.1, 0.15) is 24.2 Å². The van der Waals surface area contributed by atoms with Crippen LogP contribution < -0.4 is 9.64 Å². The molecule has 0 radical (unpaired) electrons. The van der Waals surface area contributed by atoms with Crippen LogP contribution in [0.2, 0.25) is 5.02 Å². The Morgan fingerprint density at radius 2 is 2.15 bits per heavy atom. The quantitative estimate of drug-likeness (QED) is 0.449. The first-order valence-corrected chi connectivity index (χ1v) is 12.4. The summed E-state index contributed by atoms with van der Waals surface area (Å²) in [5.74, 6) is 2.51. The van der Waals surface area contributed by atoms with E-state index >= 15 is 0 Å². The first kappa shape index (κ1) is 21.4. The van der Waals surface area contributed by atoms with E-state index in [0.29, 0.717) is 18.2 Å². The summed E-state index contributed by atoms with van der Waals surface area (Å²) in [4.78, 5) is 18.6. The van der Waals surface area contributed by atoms with Gasteiger partial charge in [0.25, 0.3) is 0 Å². The summed E-state index contributed by atoms with van der Waals surface area (Å²) in [6.07, 6.45) is 11.4. The van der Waals surface area contributed by atoms with Gasteiger partial charge in [-0.2, -0.15) is 5.10 Å². The Morgan fingerprint density at radius 3 is 3.03 bits per heavy atom. The number of H-pyrrole nitrogens is 1. The molecule has 1 N–H and O–H groups in total. The van der Waals surface area contributed by atoms with E-state index in [4.69, 9.17) is 16.3 Å².